The average Bonchev–Trinajstić information content (AvgIpc) is 2.33. The third kappa shape index (κ3) is 5.91. The maximum atomic E-state index is 5.02. The van der Waals surface area contributed by atoms with Crippen molar-refractivity contribution in [2.24, 2.45) is 0 Å². The molecule has 1 aromatic carbocycles. The van der Waals surface area contributed by atoms with Gasteiger partial charge in [0.05, 0.1) is 6.61 Å². The lowest BCUT2D eigenvalue weighted by Crippen LogP contribution is -2.18. The molecule has 0 aromatic heterocycles. The van der Waals surface area contributed by atoms with Crippen molar-refractivity contribution in [3.8, 4) is 0 Å². The standard InChI is InChI=1S/C13H20BrNOS/c1-3-8-17-13-5-4-12(14)9-11(13)10-15-6-7-16-2/h4-5,9,15H,3,6-8,10H2,1-2H3. The fraction of sp³-hybridized carbons (Fsp3) is 0.538. The molecule has 0 atom stereocenters. The van der Waals surface area contributed by atoms with E-state index in [2.05, 4.69) is 46.4 Å². The van der Waals surface area contributed by atoms with E-state index in [0.717, 1.165) is 24.2 Å². The first-order valence-electron chi connectivity index (χ1n) is 5.88. The van der Waals surface area contributed by atoms with Crippen molar-refractivity contribution in [2.75, 3.05) is 26.0 Å². The van der Waals surface area contributed by atoms with Gasteiger partial charge in [-0.3, -0.25) is 0 Å². The predicted molar refractivity (Wildman–Crippen MR) is 78.7 cm³/mol. The van der Waals surface area contributed by atoms with Crippen molar-refractivity contribution in [3.05, 3.63) is 28.2 Å². The Morgan fingerprint density at radius 2 is 2.24 bits per heavy atom. The molecule has 0 saturated heterocycles. The average molecular weight is 318 g/mol. The van der Waals surface area contributed by atoms with Gasteiger partial charge < -0.3 is 10.1 Å². The molecule has 0 unspecified atom stereocenters. The van der Waals surface area contributed by atoms with Gasteiger partial charge in [-0.25, -0.2) is 0 Å². The first-order valence-corrected chi connectivity index (χ1v) is 7.66. The third-order valence-corrected chi connectivity index (χ3v) is 4.10. The molecule has 0 saturated carbocycles. The molecule has 0 aliphatic rings. The molecule has 0 radical (unpaired) electrons. The van der Waals surface area contributed by atoms with E-state index in [1.807, 2.05) is 11.8 Å². The summed E-state index contributed by atoms with van der Waals surface area (Å²) in [5.41, 5.74) is 1.36. The van der Waals surface area contributed by atoms with Gasteiger partial charge in [-0.15, -0.1) is 11.8 Å². The van der Waals surface area contributed by atoms with Crippen molar-refractivity contribution in [1.82, 2.24) is 5.32 Å². The van der Waals surface area contributed by atoms with Crippen molar-refractivity contribution in [2.45, 2.75) is 24.8 Å². The molecule has 1 N–H and O–H groups in total. The van der Waals surface area contributed by atoms with Gasteiger partial charge in [0, 0.05) is 29.6 Å². The van der Waals surface area contributed by atoms with E-state index < -0.39 is 0 Å². The minimum atomic E-state index is 0.755. The van der Waals surface area contributed by atoms with Gasteiger partial charge in [0.25, 0.3) is 0 Å². The smallest absolute Gasteiger partial charge is 0.0587 e. The predicted octanol–water partition coefficient (Wildman–Crippen LogP) is 3.69. The Labute approximate surface area is 117 Å². The molecule has 0 amide bonds. The summed E-state index contributed by atoms with van der Waals surface area (Å²) >= 11 is 5.45. The highest BCUT2D eigenvalue weighted by Gasteiger charge is 2.03. The summed E-state index contributed by atoms with van der Waals surface area (Å²) in [4.78, 5) is 1.37. The molecule has 96 valence electrons. The Morgan fingerprint density at radius 1 is 1.41 bits per heavy atom. The zero-order valence-corrected chi connectivity index (χ0v) is 12.9. The van der Waals surface area contributed by atoms with Gasteiger partial charge in [0.2, 0.25) is 0 Å². The van der Waals surface area contributed by atoms with Gasteiger partial charge in [-0.1, -0.05) is 22.9 Å². The number of hydrogen-bond donors (Lipinski definition) is 1. The first kappa shape index (κ1) is 15.0. The van der Waals surface area contributed by atoms with Crippen LogP contribution >= 0.6 is 27.7 Å². The van der Waals surface area contributed by atoms with Gasteiger partial charge in [0.15, 0.2) is 0 Å². The number of hydrogen-bond acceptors (Lipinski definition) is 3. The maximum Gasteiger partial charge on any atom is 0.0587 e. The van der Waals surface area contributed by atoms with Crippen molar-refractivity contribution in [3.63, 3.8) is 0 Å². The SMILES string of the molecule is CCCSc1ccc(Br)cc1CNCCOC. The van der Waals surface area contributed by atoms with E-state index in [9.17, 15) is 0 Å². The van der Waals surface area contributed by atoms with Crippen LogP contribution in [0.5, 0.6) is 0 Å². The molecular weight excluding hydrogens is 298 g/mol. The molecule has 1 rings (SSSR count). The quantitative estimate of drug-likeness (QED) is 0.583. The van der Waals surface area contributed by atoms with Gasteiger partial charge >= 0.3 is 0 Å². The molecular formula is C13H20BrNOS. The van der Waals surface area contributed by atoms with Crippen LogP contribution in [-0.4, -0.2) is 26.0 Å². The fourth-order valence-corrected chi connectivity index (χ4v) is 2.75. The molecule has 4 heteroatoms. The number of ether oxygens (including phenoxy) is 1. The Morgan fingerprint density at radius 3 is 2.94 bits per heavy atom. The lowest BCUT2D eigenvalue weighted by atomic mass is 10.2. The Kier molecular flexibility index (Phi) is 7.93. The summed E-state index contributed by atoms with van der Waals surface area (Å²) in [6.07, 6.45) is 1.21. The van der Waals surface area contributed by atoms with E-state index in [-0.39, 0.29) is 0 Å². The normalized spacial score (nSPS) is 10.8. The second-order valence-corrected chi connectivity index (χ2v) is 5.82. The highest BCUT2D eigenvalue weighted by molar-refractivity contribution is 9.10. The van der Waals surface area contributed by atoms with Gasteiger partial charge in [-0.2, -0.15) is 0 Å². The number of benzene rings is 1. The number of rotatable bonds is 8. The fourth-order valence-electron chi connectivity index (χ4n) is 1.44. The summed E-state index contributed by atoms with van der Waals surface area (Å²) < 4.78 is 6.16. The van der Waals surface area contributed by atoms with Crippen LogP contribution in [0, 0.1) is 0 Å². The molecule has 0 spiro atoms. The van der Waals surface area contributed by atoms with Gasteiger partial charge in [-0.05, 0) is 35.9 Å². The van der Waals surface area contributed by atoms with Crippen LogP contribution in [0.3, 0.4) is 0 Å². The number of thioether (sulfide) groups is 1. The Balaban J connectivity index is 2.56. The number of nitrogens with one attached hydrogen (secondary N) is 1. The largest absolute Gasteiger partial charge is 0.383 e. The van der Waals surface area contributed by atoms with Crippen LogP contribution in [0.4, 0.5) is 0 Å². The highest BCUT2D eigenvalue weighted by Crippen LogP contribution is 2.26. The summed E-state index contributed by atoms with van der Waals surface area (Å²) in [5.74, 6) is 1.17. The van der Waals surface area contributed by atoms with Crippen LogP contribution < -0.4 is 5.32 Å². The Bertz CT molecular complexity index is 333. The van der Waals surface area contributed by atoms with Crippen molar-refractivity contribution in [1.29, 1.82) is 0 Å². The molecule has 2 nitrogen and oxygen atoms in total. The van der Waals surface area contributed by atoms with E-state index in [1.54, 1.807) is 7.11 Å². The molecule has 17 heavy (non-hydrogen) atoms. The van der Waals surface area contributed by atoms with E-state index >= 15 is 0 Å². The number of halogens is 1. The summed E-state index contributed by atoms with van der Waals surface area (Å²) in [6, 6.07) is 6.49. The van der Waals surface area contributed by atoms with Crippen LogP contribution in [-0.2, 0) is 11.3 Å². The molecule has 1 aromatic rings. The van der Waals surface area contributed by atoms with E-state index in [1.165, 1.54) is 22.6 Å². The maximum absolute atomic E-state index is 5.02. The zero-order valence-electron chi connectivity index (χ0n) is 10.5. The lowest BCUT2D eigenvalue weighted by molar-refractivity contribution is 0.199. The van der Waals surface area contributed by atoms with Crippen LogP contribution in [0.1, 0.15) is 18.9 Å². The topological polar surface area (TPSA) is 21.3 Å². The lowest BCUT2D eigenvalue weighted by Gasteiger charge is -2.10. The molecule has 0 aliphatic carbocycles. The minimum Gasteiger partial charge on any atom is -0.383 e. The monoisotopic (exact) mass is 317 g/mol. The molecule has 0 bridgehead atoms. The Hall–Kier alpha value is -0.0300. The third-order valence-electron chi connectivity index (χ3n) is 2.28. The minimum absolute atomic E-state index is 0.755. The van der Waals surface area contributed by atoms with E-state index in [4.69, 9.17) is 4.74 Å². The summed E-state index contributed by atoms with van der Waals surface area (Å²) in [6.45, 7) is 4.75. The molecule has 0 aliphatic heterocycles. The molecule has 0 heterocycles. The highest BCUT2D eigenvalue weighted by atomic mass is 79.9. The zero-order chi connectivity index (χ0) is 12.5. The van der Waals surface area contributed by atoms with Crippen molar-refractivity contribution >= 4 is 27.7 Å². The van der Waals surface area contributed by atoms with Gasteiger partial charge in [0.1, 0.15) is 0 Å². The van der Waals surface area contributed by atoms with Crippen LogP contribution in [0.15, 0.2) is 27.6 Å². The summed E-state index contributed by atoms with van der Waals surface area (Å²) in [5, 5.41) is 3.39. The van der Waals surface area contributed by atoms with E-state index in [0.29, 0.717) is 0 Å². The first-order chi connectivity index (χ1) is 8.27. The summed E-state index contributed by atoms with van der Waals surface area (Å²) in [7, 11) is 1.73. The second-order valence-electron chi connectivity index (χ2n) is 3.77. The number of methoxy groups -OCH3 is 1. The molecule has 0 fully saturated rings. The van der Waals surface area contributed by atoms with Crippen LogP contribution in [0.2, 0.25) is 0 Å². The van der Waals surface area contributed by atoms with Crippen LogP contribution in [0.25, 0.3) is 0 Å². The second kappa shape index (κ2) is 8.97. The van der Waals surface area contributed by atoms with Crippen molar-refractivity contribution < 1.29 is 4.74 Å².